The third-order valence-electron chi connectivity index (χ3n) is 19.9. The summed E-state index contributed by atoms with van der Waals surface area (Å²) in [7, 11) is 0. The SMILES string of the molecule is CC/C=C\C/C=C\C/C=C\C/C=C\C/C=C\C/C=C\C/C=C\C/C=C\CCCCCCCCCCCCC(=O)NC(COC1OC(CO)C(OC2OC(CO)C(OC3OC(CO)C(O)C(O)C3O)C(O)C2O)C(O)C1O)C(O)CCCCCCCCCCCCCCCCCCCCCCCCC. The van der Waals surface area contributed by atoms with Crippen molar-refractivity contribution in [1.29, 1.82) is 0 Å². The highest BCUT2D eigenvalue weighted by Crippen LogP contribution is 2.33. The van der Waals surface area contributed by atoms with E-state index < -0.39 is 124 Å². The van der Waals surface area contributed by atoms with Crippen molar-refractivity contribution in [2.75, 3.05) is 26.4 Å². The third-order valence-corrected chi connectivity index (χ3v) is 19.9. The first kappa shape index (κ1) is 93.9. The molecule has 3 aliphatic heterocycles. The molecule has 3 fully saturated rings. The molecule has 1 amide bonds. The lowest BCUT2D eigenvalue weighted by atomic mass is 9.96. The summed E-state index contributed by atoms with van der Waals surface area (Å²) < 4.78 is 34.5. The van der Waals surface area contributed by atoms with Gasteiger partial charge in [0.1, 0.15) is 73.2 Å². The Morgan fingerprint density at radius 3 is 1.05 bits per heavy atom. The molecule has 0 aromatic heterocycles. The van der Waals surface area contributed by atoms with E-state index in [0.717, 1.165) is 109 Å². The van der Waals surface area contributed by atoms with Crippen molar-refractivity contribution in [1.82, 2.24) is 5.32 Å². The van der Waals surface area contributed by atoms with E-state index in [1.54, 1.807) is 0 Å². The number of aliphatic hydroxyl groups is 11. The Kier molecular flexibility index (Phi) is 58.0. The van der Waals surface area contributed by atoms with E-state index in [-0.39, 0.29) is 18.9 Å². The molecule has 103 heavy (non-hydrogen) atoms. The monoisotopic (exact) mass is 1460 g/mol. The van der Waals surface area contributed by atoms with Gasteiger partial charge in [-0.05, 0) is 77.0 Å². The van der Waals surface area contributed by atoms with Gasteiger partial charge in [-0.1, -0.05) is 310 Å². The minimum Gasteiger partial charge on any atom is -0.394 e. The number of rotatable bonds is 64. The quantitative estimate of drug-likeness (QED) is 0.0199. The number of aliphatic hydroxyl groups excluding tert-OH is 11. The molecule has 3 saturated heterocycles. The lowest BCUT2D eigenvalue weighted by molar-refractivity contribution is -0.379. The fourth-order valence-corrected chi connectivity index (χ4v) is 13.4. The zero-order valence-corrected chi connectivity index (χ0v) is 63.8. The topological polar surface area (TPSA) is 307 Å². The highest BCUT2D eigenvalue weighted by atomic mass is 16.8. The number of unbranched alkanes of at least 4 members (excludes halogenated alkanes) is 32. The molecule has 3 rings (SSSR count). The second kappa shape index (κ2) is 63.6. The van der Waals surface area contributed by atoms with E-state index in [0.29, 0.717) is 12.8 Å². The predicted molar refractivity (Wildman–Crippen MR) is 411 cm³/mol. The van der Waals surface area contributed by atoms with Crippen molar-refractivity contribution in [2.24, 2.45) is 0 Å². The van der Waals surface area contributed by atoms with Crippen LogP contribution in [0, 0.1) is 0 Å². The normalized spacial score (nSPS) is 26.6. The van der Waals surface area contributed by atoms with Crippen molar-refractivity contribution < 1.29 is 89.4 Å². The number of carbonyl (C=O) groups excluding carboxylic acids is 1. The zero-order chi connectivity index (χ0) is 74.6. The molecule has 0 spiro atoms. The van der Waals surface area contributed by atoms with E-state index in [1.807, 2.05) is 0 Å². The van der Waals surface area contributed by atoms with Crippen LogP contribution in [0.2, 0.25) is 0 Å². The lowest BCUT2D eigenvalue weighted by Crippen LogP contribution is -2.66. The number of amides is 1. The first-order chi connectivity index (χ1) is 50.3. The van der Waals surface area contributed by atoms with Crippen LogP contribution in [0.5, 0.6) is 0 Å². The van der Waals surface area contributed by atoms with Crippen LogP contribution in [-0.4, -0.2) is 193 Å². The molecule has 17 unspecified atom stereocenters. The van der Waals surface area contributed by atoms with E-state index in [1.165, 1.54) is 154 Å². The molecule has 3 aliphatic rings. The van der Waals surface area contributed by atoms with Gasteiger partial charge in [0, 0.05) is 6.42 Å². The highest BCUT2D eigenvalue weighted by Gasteiger charge is 2.54. The van der Waals surface area contributed by atoms with Crippen LogP contribution in [0.25, 0.3) is 0 Å². The van der Waals surface area contributed by atoms with Crippen molar-refractivity contribution >= 4 is 5.91 Å². The number of carbonyl (C=O) groups is 1. The summed E-state index contributed by atoms with van der Waals surface area (Å²) in [4.78, 5) is 13.5. The molecule has 3 heterocycles. The van der Waals surface area contributed by atoms with Gasteiger partial charge in [-0.15, -0.1) is 0 Å². The van der Waals surface area contributed by atoms with Gasteiger partial charge in [0.15, 0.2) is 18.9 Å². The maximum absolute atomic E-state index is 13.5. The minimum atomic E-state index is -1.98. The van der Waals surface area contributed by atoms with E-state index in [2.05, 4.69) is 116 Å². The molecule has 12 N–H and O–H groups in total. The first-order valence-electron chi connectivity index (χ1n) is 41.0. The Bertz CT molecular complexity index is 2240. The average molecular weight is 1460 g/mol. The molecule has 0 saturated carbocycles. The van der Waals surface area contributed by atoms with Gasteiger partial charge in [0.2, 0.25) is 5.91 Å². The molecule has 0 aromatic carbocycles. The van der Waals surface area contributed by atoms with Crippen LogP contribution in [0.15, 0.2) is 97.2 Å². The molecule has 0 aromatic rings. The summed E-state index contributed by atoms with van der Waals surface area (Å²) in [6.45, 7) is 1.71. The largest absolute Gasteiger partial charge is 0.394 e. The molecular weight excluding hydrogens is 1310 g/mol. The van der Waals surface area contributed by atoms with Crippen LogP contribution >= 0.6 is 0 Å². The lowest BCUT2D eigenvalue weighted by Gasteiger charge is -2.48. The van der Waals surface area contributed by atoms with Crippen molar-refractivity contribution in [2.45, 2.75) is 401 Å². The van der Waals surface area contributed by atoms with Crippen molar-refractivity contribution in [3.8, 4) is 0 Å². The Balaban J connectivity index is 1.36. The van der Waals surface area contributed by atoms with Crippen LogP contribution in [0.4, 0.5) is 0 Å². The Hall–Kier alpha value is -3.29. The third kappa shape index (κ3) is 43.5. The fraction of sp³-hybridized carbons (Fsp3) is 0.798. The molecule has 17 atom stereocenters. The smallest absolute Gasteiger partial charge is 0.220 e. The summed E-state index contributed by atoms with van der Waals surface area (Å²) in [6.07, 6.45) is 59.1. The van der Waals surface area contributed by atoms with Gasteiger partial charge in [0.05, 0.1) is 38.6 Å². The molecule has 19 heteroatoms. The first-order valence-corrected chi connectivity index (χ1v) is 41.0. The summed E-state index contributed by atoms with van der Waals surface area (Å²) in [5.41, 5.74) is 0. The van der Waals surface area contributed by atoms with Crippen molar-refractivity contribution in [3.05, 3.63) is 97.2 Å². The number of hydrogen-bond donors (Lipinski definition) is 12. The Morgan fingerprint density at radius 1 is 0.359 bits per heavy atom. The van der Waals surface area contributed by atoms with Gasteiger partial charge in [0.25, 0.3) is 0 Å². The zero-order valence-electron chi connectivity index (χ0n) is 63.8. The Labute approximate surface area is 622 Å². The molecule has 0 bridgehead atoms. The summed E-state index contributed by atoms with van der Waals surface area (Å²) in [6, 6.07) is -0.897. The standard InChI is InChI=1S/C84H147NO18/c1-3-5-7-9-11-13-15-17-19-21-23-25-27-28-29-30-31-32-33-34-35-36-37-38-40-42-44-46-48-50-52-54-56-58-60-62-72(90)85-67(68(89)61-59-57-55-53-51-49-47-45-43-41-39-26-24-22-20-18-16-14-12-10-8-6-4-2)66-98-82-78(96)75(93)80(70(64-87)100-82)103-84-79(97)76(94)81(71(65-88)101-84)102-83-77(95)74(92)73(91)69(63-86)99-83/h5,7,11,13,17,19,23,25,28-29,31-32,34-35,37-38,67-71,73-84,86-89,91-97H,3-4,6,8-10,12,14-16,18,20-22,24,26-27,30,33,36,39-66H2,1-2H3,(H,85,90)/b7-5-,13-11-,19-17-,25-23-,29-28-,32-31-,35-34-,38-37-. The van der Waals surface area contributed by atoms with Gasteiger partial charge < -0.3 is 89.9 Å². The maximum atomic E-state index is 13.5. The van der Waals surface area contributed by atoms with Gasteiger partial charge in [-0.3, -0.25) is 4.79 Å². The van der Waals surface area contributed by atoms with Gasteiger partial charge in [-0.25, -0.2) is 0 Å². The number of ether oxygens (including phenoxy) is 6. The van der Waals surface area contributed by atoms with Gasteiger partial charge >= 0.3 is 0 Å². The number of nitrogens with one attached hydrogen (secondary N) is 1. The van der Waals surface area contributed by atoms with Crippen LogP contribution in [0.3, 0.4) is 0 Å². The Morgan fingerprint density at radius 2 is 0.670 bits per heavy atom. The van der Waals surface area contributed by atoms with E-state index in [4.69, 9.17) is 28.4 Å². The second-order valence-corrected chi connectivity index (χ2v) is 28.9. The highest BCUT2D eigenvalue weighted by molar-refractivity contribution is 5.76. The second-order valence-electron chi connectivity index (χ2n) is 28.9. The van der Waals surface area contributed by atoms with E-state index in [9.17, 15) is 61.0 Å². The summed E-state index contributed by atoms with van der Waals surface area (Å²) in [5, 5.41) is 121. The molecule has 0 aliphatic carbocycles. The fourth-order valence-electron chi connectivity index (χ4n) is 13.4. The van der Waals surface area contributed by atoms with Crippen LogP contribution < -0.4 is 5.32 Å². The molecule has 19 nitrogen and oxygen atoms in total. The summed E-state index contributed by atoms with van der Waals surface area (Å²) >= 11 is 0. The average Bonchev–Trinajstić information content (AvgIpc) is 0.781. The maximum Gasteiger partial charge on any atom is 0.220 e. The minimum absolute atomic E-state index is 0.248. The molecule has 0 radical (unpaired) electrons. The van der Waals surface area contributed by atoms with Crippen molar-refractivity contribution in [3.63, 3.8) is 0 Å². The predicted octanol–water partition coefficient (Wildman–Crippen LogP) is 14.0. The van der Waals surface area contributed by atoms with Gasteiger partial charge in [-0.2, -0.15) is 0 Å². The summed E-state index contributed by atoms with van der Waals surface area (Å²) in [5.74, 6) is -0.248. The number of hydrogen-bond acceptors (Lipinski definition) is 18. The number of allylic oxidation sites excluding steroid dienone is 16. The van der Waals surface area contributed by atoms with Crippen LogP contribution in [-0.2, 0) is 33.2 Å². The molecular formula is C84H147NO18. The molecule has 596 valence electrons. The van der Waals surface area contributed by atoms with Crippen LogP contribution in [0.1, 0.15) is 296 Å². The van der Waals surface area contributed by atoms with E-state index >= 15 is 0 Å².